The van der Waals surface area contributed by atoms with Gasteiger partial charge in [-0.05, 0) is 50.0 Å². The number of piperidine rings is 1. The van der Waals surface area contributed by atoms with Gasteiger partial charge in [0.15, 0.2) is 5.82 Å². The number of aromatic nitrogens is 4. The summed E-state index contributed by atoms with van der Waals surface area (Å²) in [5, 5.41) is 25.8. The van der Waals surface area contributed by atoms with Crippen molar-refractivity contribution in [3.8, 4) is 0 Å². The van der Waals surface area contributed by atoms with Crippen LogP contribution in [0.1, 0.15) is 31.5 Å². The molecule has 1 aliphatic carbocycles. The van der Waals surface area contributed by atoms with Crippen LogP contribution in [0, 0.1) is 17.8 Å². The van der Waals surface area contributed by atoms with Gasteiger partial charge >= 0.3 is 5.97 Å². The monoisotopic (exact) mass is 295 g/mol. The topological polar surface area (TPSA) is 113 Å². The minimum Gasteiger partial charge on any atom is -0.480 e. The molecule has 0 unspecified atom stereocenters. The van der Waals surface area contributed by atoms with Crippen LogP contribution in [0.25, 0.3) is 0 Å². The van der Waals surface area contributed by atoms with E-state index in [1.54, 1.807) is 0 Å². The standard InChI is InChI=1S/C13H21N5O3/c19-13(20)11-4-10-3-8(1-2-9(10)5-14-11)6-21-7-12-15-17-18-16-12/h8-11,14H,1-7H2,(H,19,20)(H,15,16,17,18)/t8-,9-,10+,11-/m0/s1. The largest absolute Gasteiger partial charge is 0.480 e. The van der Waals surface area contributed by atoms with Gasteiger partial charge in [-0.3, -0.25) is 4.79 Å². The molecule has 1 saturated heterocycles. The third-order valence-corrected chi connectivity index (χ3v) is 4.69. The number of hydrogen-bond acceptors (Lipinski definition) is 6. The second-order valence-corrected chi connectivity index (χ2v) is 6.08. The van der Waals surface area contributed by atoms with Crippen molar-refractivity contribution in [2.45, 2.75) is 38.3 Å². The minimum absolute atomic E-state index is 0.375. The molecule has 2 aliphatic rings. The molecule has 1 aromatic rings. The zero-order chi connectivity index (χ0) is 14.7. The van der Waals surface area contributed by atoms with Crippen molar-refractivity contribution >= 4 is 5.97 Å². The zero-order valence-electron chi connectivity index (χ0n) is 11.9. The summed E-state index contributed by atoms with van der Waals surface area (Å²) in [6.07, 6.45) is 4.09. The Morgan fingerprint density at radius 1 is 1.33 bits per heavy atom. The lowest BCUT2D eigenvalue weighted by Crippen LogP contribution is -2.49. The van der Waals surface area contributed by atoms with Crippen LogP contribution >= 0.6 is 0 Å². The Morgan fingerprint density at radius 2 is 2.24 bits per heavy atom. The maximum Gasteiger partial charge on any atom is 0.320 e. The first-order chi connectivity index (χ1) is 10.2. The van der Waals surface area contributed by atoms with Gasteiger partial charge in [0.1, 0.15) is 12.6 Å². The van der Waals surface area contributed by atoms with E-state index in [2.05, 4.69) is 25.9 Å². The van der Waals surface area contributed by atoms with E-state index in [1.165, 1.54) is 0 Å². The third-order valence-electron chi connectivity index (χ3n) is 4.69. The average Bonchev–Trinajstić information content (AvgIpc) is 2.99. The van der Waals surface area contributed by atoms with Gasteiger partial charge in [0.05, 0.1) is 6.61 Å². The Balaban J connectivity index is 1.45. The third kappa shape index (κ3) is 3.56. The number of tetrazole rings is 1. The van der Waals surface area contributed by atoms with Gasteiger partial charge in [-0.15, -0.1) is 10.2 Å². The minimum atomic E-state index is -0.732. The van der Waals surface area contributed by atoms with Gasteiger partial charge in [0.25, 0.3) is 0 Å². The summed E-state index contributed by atoms with van der Waals surface area (Å²) in [5.41, 5.74) is 0. The second-order valence-electron chi connectivity index (χ2n) is 6.08. The van der Waals surface area contributed by atoms with Crippen LogP contribution in [-0.4, -0.2) is 50.9 Å². The van der Waals surface area contributed by atoms with E-state index in [1.807, 2.05) is 0 Å². The van der Waals surface area contributed by atoms with Gasteiger partial charge in [0, 0.05) is 0 Å². The van der Waals surface area contributed by atoms with Crippen molar-refractivity contribution < 1.29 is 14.6 Å². The fraction of sp³-hybridized carbons (Fsp3) is 0.846. The van der Waals surface area contributed by atoms with Crippen LogP contribution in [0.4, 0.5) is 0 Å². The number of carbonyl (C=O) groups is 1. The zero-order valence-corrected chi connectivity index (χ0v) is 11.9. The summed E-state index contributed by atoms with van der Waals surface area (Å²) < 4.78 is 5.65. The Bertz CT molecular complexity index is 466. The molecule has 8 heteroatoms. The molecule has 0 amide bonds. The number of carboxylic acid groups (broad SMARTS) is 1. The lowest BCUT2D eigenvalue weighted by Gasteiger charge is -2.41. The van der Waals surface area contributed by atoms with Crippen LogP contribution in [0.5, 0.6) is 0 Å². The maximum atomic E-state index is 11.1. The molecule has 4 atom stereocenters. The molecule has 3 rings (SSSR count). The first-order valence-corrected chi connectivity index (χ1v) is 7.48. The number of rotatable bonds is 5. The summed E-state index contributed by atoms with van der Waals surface area (Å²) in [7, 11) is 0. The van der Waals surface area contributed by atoms with Crippen molar-refractivity contribution in [3.63, 3.8) is 0 Å². The Morgan fingerprint density at radius 3 is 3.00 bits per heavy atom. The molecule has 0 radical (unpaired) electrons. The summed E-state index contributed by atoms with van der Waals surface area (Å²) >= 11 is 0. The van der Waals surface area contributed by atoms with Crippen LogP contribution in [0.15, 0.2) is 0 Å². The van der Waals surface area contributed by atoms with Gasteiger partial charge in [-0.1, -0.05) is 5.21 Å². The lowest BCUT2D eigenvalue weighted by molar-refractivity contribution is -0.141. The van der Waals surface area contributed by atoms with Crippen molar-refractivity contribution in [1.29, 1.82) is 0 Å². The fourth-order valence-electron chi connectivity index (χ4n) is 3.56. The Hall–Kier alpha value is -1.54. The smallest absolute Gasteiger partial charge is 0.320 e. The highest BCUT2D eigenvalue weighted by Gasteiger charge is 2.37. The molecule has 3 N–H and O–H groups in total. The van der Waals surface area contributed by atoms with Crippen molar-refractivity contribution in [1.82, 2.24) is 25.9 Å². The number of ether oxygens (including phenoxy) is 1. The van der Waals surface area contributed by atoms with Crippen LogP contribution < -0.4 is 5.32 Å². The molecule has 1 aromatic heterocycles. The summed E-state index contributed by atoms with van der Waals surface area (Å²) in [6, 6.07) is -0.384. The number of fused-ring (bicyclic) bond motifs is 1. The number of H-pyrrole nitrogens is 1. The van der Waals surface area contributed by atoms with E-state index >= 15 is 0 Å². The van der Waals surface area contributed by atoms with Gasteiger partial charge in [0.2, 0.25) is 0 Å². The summed E-state index contributed by atoms with van der Waals surface area (Å²) in [4.78, 5) is 11.1. The van der Waals surface area contributed by atoms with E-state index < -0.39 is 5.97 Å². The number of nitrogens with zero attached hydrogens (tertiary/aromatic N) is 3. The van der Waals surface area contributed by atoms with Gasteiger partial charge in [-0.25, -0.2) is 0 Å². The highest BCUT2D eigenvalue weighted by Crippen LogP contribution is 2.38. The number of aromatic amines is 1. The van der Waals surface area contributed by atoms with E-state index in [-0.39, 0.29) is 6.04 Å². The number of aliphatic carboxylic acids is 1. The van der Waals surface area contributed by atoms with E-state index in [0.29, 0.717) is 36.8 Å². The summed E-state index contributed by atoms with van der Waals surface area (Å²) in [6.45, 7) is 1.89. The highest BCUT2D eigenvalue weighted by atomic mass is 16.5. The number of hydrogen-bond donors (Lipinski definition) is 3. The molecule has 0 bridgehead atoms. The van der Waals surface area contributed by atoms with Crippen molar-refractivity contribution in [2.24, 2.45) is 17.8 Å². The van der Waals surface area contributed by atoms with E-state index in [9.17, 15) is 4.79 Å². The molecule has 21 heavy (non-hydrogen) atoms. The molecule has 116 valence electrons. The number of nitrogens with one attached hydrogen (secondary N) is 2. The molecule has 8 nitrogen and oxygen atoms in total. The predicted octanol–water partition coefficient (Wildman–Crippen LogP) is 0.195. The quantitative estimate of drug-likeness (QED) is 0.711. The van der Waals surface area contributed by atoms with Gasteiger partial charge in [-0.2, -0.15) is 5.21 Å². The van der Waals surface area contributed by atoms with Crippen LogP contribution in [0.3, 0.4) is 0 Å². The van der Waals surface area contributed by atoms with Crippen molar-refractivity contribution in [3.05, 3.63) is 5.82 Å². The average molecular weight is 295 g/mol. The SMILES string of the molecule is O=C(O)[C@@H]1C[C@H]2C[C@@H](COCc3nn[nH]n3)CC[C@H]2CN1. The number of carboxylic acids is 1. The highest BCUT2D eigenvalue weighted by molar-refractivity contribution is 5.73. The summed E-state index contributed by atoms with van der Waals surface area (Å²) in [5.74, 6) is 1.46. The molecule has 2 heterocycles. The predicted molar refractivity (Wildman–Crippen MR) is 72.2 cm³/mol. The van der Waals surface area contributed by atoms with Crippen molar-refractivity contribution in [2.75, 3.05) is 13.2 Å². The van der Waals surface area contributed by atoms with Crippen LogP contribution in [0.2, 0.25) is 0 Å². The maximum absolute atomic E-state index is 11.1. The first-order valence-electron chi connectivity index (χ1n) is 7.48. The lowest BCUT2D eigenvalue weighted by atomic mass is 9.70. The van der Waals surface area contributed by atoms with Crippen LogP contribution in [-0.2, 0) is 16.1 Å². The van der Waals surface area contributed by atoms with E-state index in [4.69, 9.17) is 9.84 Å². The molecule has 0 aromatic carbocycles. The second kappa shape index (κ2) is 6.48. The normalized spacial score (nSPS) is 32.6. The molecule has 1 saturated carbocycles. The fourth-order valence-corrected chi connectivity index (χ4v) is 3.56. The molecular formula is C13H21N5O3. The molecular weight excluding hydrogens is 274 g/mol. The molecule has 0 spiro atoms. The first kappa shape index (κ1) is 14.4. The van der Waals surface area contributed by atoms with Gasteiger partial charge < -0.3 is 15.2 Å². The van der Waals surface area contributed by atoms with E-state index in [0.717, 1.165) is 32.2 Å². The molecule has 1 aliphatic heterocycles. The molecule has 2 fully saturated rings. The Kier molecular flexibility index (Phi) is 4.45. The Labute approximate surface area is 122 Å².